The minimum absolute atomic E-state index is 0.0458. The molecule has 10 heteroatoms. The Balaban J connectivity index is 1.15. The summed E-state index contributed by atoms with van der Waals surface area (Å²) in [5, 5.41) is 8.91. The molecule has 2 aromatic heterocycles. The molecule has 1 aromatic carbocycles. The fraction of sp³-hybridized carbons (Fsp3) is 0.500. The lowest BCUT2D eigenvalue weighted by Gasteiger charge is -2.39. The second-order valence-corrected chi connectivity index (χ2v) is 10.4. The third-order valence-electron chi connectivity index (χ3n) is 7.50. The fourth-order valence-electron chi connectivity index (χ4n) is 5.37. The summed E-state index contributed by atoms with van der Waals surface area (Å²) in [5.41, 5.74) is 4.35. The van der Waals surface area contributed by atoms with Crippen molar-refractivity contribution < 1.29 is 18.7 Å². The van der Waals surface area contributed by atoms with Gasteiger partial charge in [-0.05, 0) is 51.7 Å². The van der Waals surface area contributed by atoms with Gasteiger partial charge in [0.15, 0.2) is 5.65 Å². The van der Waals surface area contributed by atoms with Crippen molar-refractivity contribution in [3.63, 3.8) is 0 Å². The maximum atomic E-state index is 14.1. The zero-order valence-electron chi connectivity index (χ0n) is 20.4. The highest BCUT2D eigenvalue weighted by atomic mass is 35.5. The fourth-order valence-corrected chi connectivity index (χ4v) is 5.50. The second kappa shape index (κ2) is 9.28. The number of carbonyl (C=O) groups is 1. The first kappa shape index (κ1) is 23.6. The molecule has 0 bridgehead atoms. The second-order valence-electron chi connectivity index (χ2n) is 10.0. The Hall–Kier alpha value is -2.75. The van der Waals surface area contributed by atoms with Crippen molar-refractivity contribution in [1.82, 2.24) is 24.8 Å². The van der Waals surface area contributed by atoms with Crippen molar-refractivity contribution in [2.24, 2.45) is 0 Å². The van der Waals surface area contributed by atoms with Crippen LogP contribution in [0.15, 0.2) is 18.2 Å². The maximum absolute atomic E-state index is 14.1. The van der Waals surface area contributed by atoms with Crippen LogP contribution in [0.5, 0.6) is 5.75 Å². The SMILES string of the molecule is Cc1nc2c3c(nn2c(C)c1Cl)CN(C(=O)c1ccc(F)cc1OC1CC(NC2CCOCC2)C1)C3. The van der Waals surface area contributed by atoms with Crippen LogP contribution in [0.4, 0.5) is 4.39 Å². The highest BCUT2D eigenvalue weighted by Gasteiger charge is 2.35. The topological polar surface area (TPSA) is 81.0 Å². The molecule has 3 aromatic rings. The Morgan fingerprint density at radius 3 is 2.75 bits per heavy atom. The van der Waals surface area contributed by atoms with E-state index in [1.54, 1.807) is 9.42 Å². The van der Waals surface area contributed by atoms with Crippen molar-refractivity contribution in [3.05, 3.63) is 57.2 Å². The smallest absolute Gasteiger partial charge is 0.258 e. The molecule has 190 valence electrons. The maximum Gasteiger partial charge on any atom is 0.258 e. The van der Waals surface area contributed by atoms with E-state index in [1.807, 2.05) is 13.8 Å². The molecule has 6 rings (SSSR count). The molecule has 1 N–H and O–H groups in total. The molecule has 1 saturated carbocycles. The molecule has 1 aliphatic carbocycles. The van der Waals surface area contributed by atoms with Gasteiger partial charge < -0.3 is 19.7 Å². The summed E-state index contributed by atoms with van der Waals surface area (Å²) in [7, 11) is 0. The van der Waals surface area contributed by atoms with Crippen LogP contribution in [0.3, 0.4) is 0 Å². The van der Waals surface area contributed by atoms with Crippen molar-refractivity contribution in [2.75, 3.05) is 13.2 Å². The lowest BCUT2D eigenvalue weighted by atomic mass is 9.88. The molecule has 1 saturated heterocycles. The minimum Gasteiger partial charge on any atom is -0.489 e. The van der Waals surface area contributed by atoms with Crippen molar-refractivity contribution in [1.29, 1.82) is 0 Å². The Labute approximate surface area is 213 Å². The molecule has 4 heterocycles. The third-order valence-corrected chi connectivity index (χ3v) is 8.05. The molecular formula is C26H29ClFN5O3. The standard InChI is InChI=1S/C26H29ClFN5O3/c1-14-24(27)15(2)33-25(29-14)21-12-32(13-22(21)31-33)26(34)20-4-3-16(28)9-23(20)36-19-10-18(11-19)30-17-5-7-35-8-6-17/h3-4,9,17-19,30H,5-8,10-13H2,1-2H3. The van der Waals surface area contributed by atoms with Crippen LogP contribution in [0.2, 0.25) is 5.02 Å². The number of rotatable bonds is 5. The van der Waals surface area contributed by atoms with Crippen LogP contribution in [-0.4, -0.2) is 56.8 Å². The van der Waals surface area contributed by atoms with E-state index in [4.69, 9.17) is 21.1 Å². The third kappa shape index (κ3) is 4.23. The number of hydrogen-bond acceptors (Lipinski definition) is 6. The van der Waals surface area contributed by atoms with E-state index in [2.05, 4.69) is 15.4 Å². The number of aryl methyl sites for hydroxylation is 2. The summed E-state index contributed by atoms with van der Waals surface area (Å²) < 4.78 is 27.4. The molecule has 36 heavy (non-hydrogen) atoms. The van der Waals surface area contributed by atoms with Gasteiger partial charge in [-0.25, -0.2) is 13.9 Å². The van der Waals surface area contributed by atoms with Gasteiger partial charge in [0, 0.05) is 36.9 Å². The van der Waals surface area contributed by atoms with E-state index in [0.29, 0.717) is 47.2 Å². The van der Waals surface area contributed by atoms with E-state index in [0.717, 1.165) is 61.5 Å². The molecule has 8 nitrogen and oxygen atoms in total. The molecule has 2 fully saturated rings. The van der Waals surface area contributed by atoms with Gasteiger partial charge in [0.1, 0.15) is 17.7 Å². The van der Waals surface area contributed by atoms with Gasteiger partial charge >= 0.3 is 0 Å². The summed E-state index contributed by atoms with van der Waals surface area (Å²) in [6, 6.07) is 4.99. The summed E-state index contributed by atoms with van der Waals surface area (Å²) >= 11 is 6.34. The zero-order chi connectivity index (χ0) is 25.0. The van der Waals surface area contributed by atoms with Crippen LogP contribution in [0, 0.1) is 19.7 Å². The Kier molecular flexibility index (Phi) is 6.09. The molecule has 0 atom stereocenters. The first-order valence-electron chi connectivity index (χ1n) is 12.5. The number of amides is 1. The molecule has 0 unspecified atom stereocenters. The molecular weight excluding hydrogens is 485 g/mol. The summed E-state index contributed by atoms with van der Waals surface area (Å²) in [5.74, 6) is -0.336. The number of fused-ring (bicyclic) bond motifs is 3. The molecule has 0 spiro atoms. The Morgan fingerprint density at radius 1 is 1.19 bits per heavy atom. The zero-order valence-corrected chi connectivity index (χ0v) is 21.1. The lowest BCUT2D eigenvalue weighted by molar-refractivity contribution is 0.0463. The normalized spacial score (nSPS) is 22.1. The largest absolute Gasteiger partial charge is 0.489 e. The summed E-state index contributed by atoms with van der Waals surface area (Å²) in [4.78, 5) is 19.8. The van der Waals surface area contributed by atoms with E-state index in [-0.39, 0.29) is 12.0 Å². The van der Waals surface area contributed by atoms with Gasteiger partial charge in [-0.15, -0.1) is 0 Å². The summed E-state index contributed by atoms with van der Waals surface area (Å²) in [6.07, 6.45) is 3.67. The number of aromatic nitrogens is 3. The Morgan fingerprint density at radius 2 is 1.97 bits per heavy atom. The van der Waals surface area contributed by atoms with E-state index >= 15 is 0 Å². The number of nitrogens with zero attached hydrogens (tertiary/aromatic N) is 4. The number of nitrogens with one attached hydrogen (secondary N) is 1. The van der Waals surface area contributed by atoms with Crippen molar-refractivity contribution in [2.45, 2.75) is 70.8 Å². The van der Waals surface area contributed by atoms with E-state index in [9.17, 15) is 9.18 Å². The lowest BCUT2D eigenvalue weighted by Crippen LogP contribution is -2.51. The van der Waals surface area contributed by atoms with Crippen LogP contribution in [0.1, 0.15) is 58.7 Å². The van der Waals surface area contributed by atoms with Gasteiger partial charge in [-0.1, -0.05) is 11.6 Å². The van der Waals surface area contributed by atoms with Gasteiger partial charge in [-0.3, -0.25) is 4.79 Å². The first-order chi connectivity index (χ1) is 17.4. The Bertz CT molecular complexity index is 1330. The molecule has 2 aliphatic heterocycles. The van der Waals surface area contributed by atoms with Crippen LogP contribution in [0.25, 0.3) is 5.65 Å². The number of carbonyl (C=O) groups excluding carboxylic acids is 1. The molecule has 0 radical (unpaired) electrons. The monoisotopic (exact) mass is 513 g/mol. The van der Waals surface area contributed by atoms with Gasteiger partial charge in [0.05, 0.1) is 40.8 Å². The highest BCUT2D eigenvalue weighted by molar-refractivity contribution is 6.31. The minimum atomic E-state index is -0.424. The van der Waals surface area contributed by atoms with Gasteiger partial charge in [-0.2, -0.15) is 5.10 Å². The quantitative estimate of drug-likeness (QED) is 0.556. The molecule has 3 aliphatic rings. The molecule has 1 amide bonds. The predicted molar refractivity (Wildman–Crippen MR) is 132 cm³/mol. The predicted octanol–water partition coefficient (Wildman–Crippen LogP) is 3.97. The van der Waals surface area contributed by atoms with E-state index in [1.165, 1.54) is 18.2 Å². The first-order valence-corrected chi connectivity index (χ1v) is 12.9. The van der Waals surface area contributed by atoms with Gasteiger partial charge in [0.2, 0.25) is 0 Å². The summed E-state index contributed by atoms with van der Waals surface area (Å²) in [6.45, 7) is 6.09. The van der Waals surface area contributed by atoms with Crippen LogP contribution < -0.4 is 10.1 Å². The number of benzene rings is 1. The van der Waals surface area contributed by atoms with Gasteiger partial charge in [0.25, 0.3) is 5.91 Å². The van der Waals surface area contributed by atoms with Crippen LogP contribution in [-0.2, 0) is 17.8 Å². The van der Waals surface area contributed by atoms with Crippen molar-refractivity contribution >= 4 is 23.2 Å². The highest BCUT2D eigenvalue weighted by Crippen LogP contribution is 2.33. The number of hydrogen-bond donors (Lipinski definition) is 1. The average molecular weight is 514 g/mol. The van der Waals surface area contributed by atoms with E-state index < -0.39 is 5.82 Å². The van der Waals surface area contributed by atoms with Crippen LogP contribution >= 0.6 is 11.6 Å². The van der Waals surface area contributed by atoms with Crippen molar-refractivity contribution in [3.8, 4) is 5.75 Å². The average Bonchev–Trinajstić information content (AvgIpc) is 3.41. The number of halogens is 2. The number of ether oxygens (including phenoxy) is 2.